The van der Waals surface area contributed by atoms with Gasteiger partial charge in [-0.15, -0.1) is 0 Å². The van der Waals surface area contributed by atoms with Gasteiger partial charge in [0.05, 0.1) is 5.41 Å². The number of benzene rings is 1. The Labute approximate surface area is 133 Å². The van der Waals surface area contributed by atoms with E-state index in [1.165, 1.54) is 5.56 Å². The van der Waals surface area contributed by atoms with Crippen molar-refractivity contribution in [1.29, 1.82) is 0 Å². The highest BCUT2D eigenvalue weighted by Gasteiger charge is 2.39. The molecule has 0 spiro atoms. The van der Waals surface area contributed by atoms with Crippen LogP contribution in [0.5, 0.6) is 0 Å². The Kier molecular flexibility index (Phi) is 4.40. The molecule has 1 aliphatic rings. The van der Waals surface area contributed by atoms with Gasteiger partial charge in [0, 0.05) is 17.4 Å². The summed E-state index contributed by atoms with van der Waals surface area (Å²) in [5, 5.41) is 7.61. The normalized spacial score (nSPS) is 21.8. The standard InChI is InChI=1S/C16H20BrN3O/c1-2-6-16(7-8-18-11-16)15-19-14(20-21-15)10-12-4-3-5-13(17)9-12/h3-5,9,18H,2,6-8,10-11H2,1H3. The van der Waals surface area contributed by atoms with Crippen LogP contribution in [-0.4, -0.2) is 23.2 Å². The number of halogens is 1. The van der Waals surface area contributed by atoms with Crippen molar-refractivity contribution in [2.24, 2.45) is 0 Å². The molecule has 2 heterocycles. The highest BCUT2D eigenvalue weighted by Crippen LogP contribution is 2.34. The van der Waals surface area contributed by atoms with Gasteiger partial charge in [0.1, 0.15) is 0 Å². The Balaban J connectivity index is 1.79. The fourth-order valence-electron chi connectivity index (χ4n) is 3.10. The van der Waals surface area contributed by atoms with Crippen LogP contribution < -0.4 is 5.32 Å². The lowest BCUT2D eigenvalue weighted by Gasteiger charge is -2.22. The second-order valence-electron chi connectivity index (χ2n) is 5.78. The smallest absolute Gasteiger partial charge is 0.234 e. The van der Waals surface area contributed by atoms with Crippen LogP contribution in [0.3, 0.4) is 0 Å². The number of nitrogens with one attached hydrogen (secondary N) is 1. The van der Waals surface area contributed by atoms with Crippen LogP contribution in [0, 0.1) is 0 Å². The largest absolute Gasteiger partial charge is 0.339 e. The molecule has 5 heteroatoms. The van der Waals surface area contributed by atoms with E-state index in [4.69, 9.17) is 4.52 Å². The third-order valence-corrected chi connectivity index (χ3v) is 4.64. The van der Waals surface area contributed by atoms with Gasteiger partial charge in [0.15, 0.2) is 5.82 Å². The Hall–Kier alpha value is -1.20. The molecule has 1 atom stereocenters. The molecule has 0 radical (unpaired) electrons. The molecule has 1 saturated heterocycles. The molecule has 1 N–H and O–H groups in total. The lowest BCUT2D eigenvalue weighted by molar-refractivity contribution is 0.276. The maximum absolute atomic E-state index is 5.59. The minimum absolute atomic E-state index is 0.0390. The van der Waals surface area contributed by atoms with E-state index < -0.39 is 0 Å². The summed E-state index contributed by atoms with van der Waals surface area (Å²) in [5.41, 5.74) is 1.22. The Morgan fingerprint density at radius 3 is 3.05 bits per heavy atom. The summed E-state index contributed by atoms with van der Waals surface area (Å²) in [7, 11) is 0. The van der Waals surface area contributed by atoms with Crippen molar-refractivity contribution >= 4 is 15.9 Å². The highest BCUT2D eigenvalue weighted by molar-refractivity contribution is 9.10. The minimum Gasteiger partial charge on any atom is -0.339 e. The molecule has 0 amide bonds. The van der Waals surface area contributed by atoms with Gasteiger partial charge in [-0.3, -0.25) is 0 Å². The van der Waals surface area contributed by atoms with E-state index in [-0.39, 0.29) is 5.41 Å². The first-order chi connectivity index (χ1) is 10.2. The van der Waals surface area contributed by atoms with E-state index in [9.17, 15) is 0 Å². The predicted octanol–water partition coefficient (Wildman–Crippen LogP) is 3.45. The Bertz CT molecular complexity index is 605. The third kappa shape index (κ3) is 3.19. The van der Waals surface area contributed by atoms with Crippen LogP contribution in [0.2, 0.25) is 0 Å². The maximum atomic E-state index is 5.59. The zero-order valence-electron chi connectivity index (χ0n) is 12.2. The monoisotopic (exact) mass is 349 g/mol. The van der Waals surface area contributed by atoms with Gasteiger partial charge in [0.2, 0.25) is 5.89 Å². The highest BCUT2D eigenvalue weighted by atomic mass is 79.9. The number of hydrogen-bond acceptors (Lipinski definition) is 4. The van der Waals surface area contributed by atoms with Crippen LogP contribution >= 0.6 is 15.9 Å². The lowest BCUT2D eigenvalue weighted by atomic mass is 9.82. The van der Waals surface area contributed by atoms with Gasteiger partial charge in [-0.25, -0.2) is 0 Å². The first-order valence-corrected chi connectivity index (χ1v) is 8.29. The van der Waals surface area contributed by atoms with Crippen LogP contribution in [0.15, 0.2) is 33.3 Å². The molecule has 1 unspecified atom stereocenters. The molecule has 112 valence electrons. The van der Waals surface area contributed by atoms with E-state index in [0.29, 0.717) is 6.42 Å². The summed E-state index contributed by atoms with van der Waals surface area (Å²) in [6.07, 6.45) is 4.02. The molecule has 1 aromatic heterocycles. The first kappa shape index (κ1) is 14.7. The van der Waals surface area contributed by atoms with E-state index in [1.807, 2.05) is 12.1 Å². The Morgan fingerprint density at radius 2 is 2.33 bits per heavy atom. The summed E-state index contributed by atoms with van der Waals surface area (Å²) < 4.78 is 6.67. The quantitative estimate of drug-likeness (QED) is 0.897. The number of hydrogen-bond donors (Lipinski definition) is 1. The second kappa shape index (κ2) is 6.28. The zero-order chi connectivity index (χ0) is 14.7. The predicted molar refractivity (Wildman–Crippen MR) is 85.3 cm³/mol. The van der Waals surface area contributed by atoms with Crippen molar-refractivity contribution in [3.05, 3.63) is 46.0 Å². The van der Waals surface area contributed by atoms with E-state index in [0.717, 1.165) is 48.5 Å². The molecule has 3 rings (SSSR count). The molecular weight excluding hydrogens is 330 g/mol. The average Bonchev–Trinajstić information content (AvgIpc) is 3.09. The number of rotatable bonds is 5. The molecule has 1 aromatic carbocycles. The van der Waals surface area contributed by atoms with Gasteiger partial charge >= 0.3 is 0 Å². The SMILES string of the molecule is CCCC1(c2nc(Cc3cccc(Br)c3)no2)CCNC1. The average molecular weight is 350 g/mol. The van der Waals surface area contributed by atoms with Gasteiger partial charge in [-0.1, -0.05) is 46.6 Å². The van der Waals surface area contributed by atoms with Crippen molar-refractivity contribution in [2.45, 2.75) is 38.0 Å². The molecule has 4 nitrogen and oxygen atoms in total. The molecule has 0 bridgehead atoms. The number of nitrogens with zero attached hydrogens (tertiary/aromatic N) is 2. The molecule has 0 saturated carbocycles. The van der Waals surface area contributed by atoms with Crippen LogP contribution in [-0.2, 0) is 11.8 Å². The number of aromatic nitrogens is 2. The summed E-state index contributed by atoms with van der Waals surface area (Å²) in [6, 6.07) is 8.22. The summed E-state index contributed by atoms with van der Waals surface area (Å²) in [6.45, 7) is 4.18. The summed E-state index contributed by atoms with van der Waals surface area (Å²) >= 11 is 3.49. The molecule has 1 fully saturated rings. The van der Waals surface area contributed by atoms with E-state index >= 15 is 0 Å². The van der Waals surface area contributed by atoms with Gasteiger partial charge in [-0.2, -0.15) is 4.98 Å². The topological polar surface area (TPSA) is 51.0 Å². The van der Waals surface area contributed by atoms with E-state index in [1.54, 1.807) is 0 Å². The zero-order valence-corrected chi connectivity index (χ0v) is 13.8. The molecule has 1 aliphatic heterocycles. The van der Waals surface area contributed by atoms with Crippen LogP contribution in [0.25, 0.3) is 0 Å². The minimum atomic E-state index is 0.0390. The summed E-state index contributed by atoms with van der Waals surface area (Å²) in [5.74, 6) is 1.57. The van der Waals surface area contributed by atoms with E-state index in [2.05, 4.69) is 50.4 Å². The maximum Gasteiger partial charge on any atom is 0.234 e. The van der Waals surface area contributed by atoms with Crippen molar-refractivity contribution in [1.82, 2.24) is 15.5 Å². The fourth-order valence-corrected chi connectivity index (χ4v) is 3.54. The van der Waals surface area contributed by atoms with Crippen molar-refractivity contribution in [2.75, 3.05) is 13.1 Å². The van der Waals surface area contributed by atoms with Crippen molar-refractivity contribution in [3.63, 3.8) is 0 Å². The Morgan fingerprint density at radius 1 is 1.43 bits per heavy atom. The molecule has 21 heavy (non-hydrogen) atoms. The molecular formula is C16H20BrN3O. The first-order valence-electron chi connectivity index (χ1n) is 7.50. The lowest BCUT2D eigenvalue weighted by Crippen LogP contribution is -2.29. The van der Waals surface area contributed by atoms with Crippen molar-refractivity contribution < 1.29 is 4.52 Å². The van der Waals surface area contributed by atoms with Gasteiger partial charge in [0.25, 0.3) is 0 Å². The second-order valence-corrected chi connectivity index (χ2v) is 6.70. The van der Waals surface area contributed by atoms with Crippen LogP contribution in [0.4, 0.5) is 0 Å². The fraction of sp³-hybridized carbons (Fsp3) is 0.500. The van der Waals surface area contributed by atoms with Gasteiger partial charge < -0.3 is 9.84 Å². The van der Waals surface area contributed by atoms with Crippen molar-refractivity contribution in [3.8, 4) is 0 Å². The van der Waals surface area contributed by atoms with Gasteiger partial charge in [-0.05, 0) is 37.1 Å². The molecule has 0 aliphatic carbocycles. The summed E-state index contributed by atoms with van der Waals surface area (Å²) in [4.78, 5) is 4.67. The van der Waals surface area contributed by atoms with Crippen LogP contribution in [0.1, 0.15) is 43.5 Å². The molecule has 2 aromatic rings. The third-order valence-electron chi connectivity index (χ3n) is 4.15.